The molecule has 1 aromatic carbocycles. The Bertz CT molecular complexity index is 883. The van der Waals surface area contributed by atoms with Gasteiger partial charge in [0.2, 0.25) is 0 Å². The van der Waals surface area contributed by atoms with Gasteiger partial charge in [-0.05, 0) is 18.6 Å². The zero-order valence-corrected chi connectivity index (χ0v) is 12.1. The Morgan fingerprint density at radius 1 is 1.24 bits per heavy atom. The van der Waals surface area contributed by atoms with E-state index in [0.29, 0.717) is 29.7 Å². The maximum absolute atomic E-state index is 14.0. The highest BCUT2D eigenvalue weighted by Gasteiger charge is 2.21. The fourth-order valence-corrected chi connectivity index (χ4v) is 2.70. The molecule has 21 heavy (non-hydrogen) atoms. The molecular weight excluding hydrogens is 301 g/mol. The van der Waals surface area contributed by atoms with Crippen LogP contribution >= 0.6 is 12.2 Å². The Balaban J connectivity index is 2.44. The molecule has 4 nitrogen and oxygen atoms in total. The minimum absolute atomic E-state index is 0.122. The van der Waals surface area contributed by atoms with Crippen molar-refractivity contribution in [2.45, 2.75) is 13.3 Å². The molecule has 3 rings (SSSR count). The number of nitrogens with zero attached hydrogens (tertiary/aromatic N) is 3. The lowest BCUT2D eigenvalue weighted by molar-refractivity contribution is 0.533. The van der Waals surface area contributed by atoms with Gasteiger partial charge in [-0.3, -0.25) is 4.57 Å². The first-order valence-corrected chi connectivity index (χ1v) is 6.66. The second kappa shape index (κ2) is 4.73. The zero-order chi connectivity index (χ0) is 15.3. The second-order valence-corrected chi connectivity index (χ2v) is 4.99. The fraction of sp³-hybridized carbons (Fsp3) is 0.231. The predicted molar refractivity (Wildman–Crippen MR) is 74.5 cm³/mol. The molecule has 1 N–H and O–H groups in total. The minimum Gasteiger partial charge on any atom is -0.327 e. The van der Waals surface area contributed by atoms with Crippen LogP contribution in [0.2, 0.25) is 0 Å². The number of H-pyrrole nitrogens is 1. The van der Waals surface area contributed by atoms with E-state index in [1.807, 2.05) is 6.92 Å². The minimum atomic E-state index is -1.02. The van der Waals surface area contributed by atoms with Gasteiger partial charge in [-0.1, -0.05) is 6.92 Å². The SMILES string of the molecule is CCc1nn(C)c2c1[nH]c(=S)n2-c1c(F)cc(F)cc1F. The largest absolute Gasteiger partial charge is 0.327 e. The van der Waals surface area contributed by atoms with Gasteiger partial charge in [0.25, 0.3) is 0 Å². The third-order valence-corrected chi connectivity index (χ3v) is 3.56. The standard InChI is InChI=1S/C13H11F3N4S/c1-3-9-10-12(19(2)18-9)20(13(21)17-10)11-7(15)4-6(14)5-8(11)16/h4-5H,3H2,1-2H3,(H,17,21). The first-order valence-electron chi connectivity index (χ1n) is 6.25. The average Bonchev–Trinajstić information content (AvgIpc) is 2.87. The molecule has 0 spiro atoms. The summed E-state index contributed by atoms with van der Waals surface area (Å²) in [6.45, 7) is 1.91. The van der Waals surface area contributed by atoms with Crippen LogP contribution in [0.15, 0.2) is 12.1 Å². The maximum atomic E-state index is 14.0. The average molecular weight is 312 g/mol. The molecule has 0 atom stereocenters. The Kier molecular flexibility index (Phi) is 3.12. The Morgan fingerprint density at radius 3 is 2.43 bits per heavy atom. The van der Waals surface area contributed by atoms with Crippen LogP contribution in [-0.4, -0.2) is 19.3 Å². The lowest BCUT2D eigenvalue weighted by Crippen LogP contribution is -2.06. The lowest BCUT2D eigenvalue weighted by atomic mass is 10.2. The van der Waals surface area contributed by atoms with E-state index >= 15 is 0 Å². The highest BCUT2D eigenvalue weighted by molar-refractivity contribution is 7.71. The summed E-state index contributed by atoms with van der Waals surface area (Å²) in [5, 5.41) is 4.27. The molecule has 0 saturated carbocycles. The van der Waals surface area contributed by atoms with Crippen molar-refractivity contribution in [3.05, 3.63) is 40.0 Å². The number of imidazole rings is 1. The summed E-state index contributed by atoms with van der Waals surface area (Å²) in [5.74, 6) is -3.03. The fourth-order valence-electron chi connectivity index (χ4n) is 2.42. The van der Waals surface area contributed by atoms with E-state index in [4.69, 9.17) is 12.2 Å². The van der Waals surface area contributed by atoms with Crippen LogP contribution in [0.25, 0.3) is 16.9 Å². The van der Waals surface area contributed by atoms with Crippen LogP contribution in [0.1, 0.15) is 12.6 Å². The van der Waals surface area contributed by atoms with Gasteiger partial charge in [-0.15, -0.1) is 0 Å². The number of fused-ring (bicyclic) bond motifs is 1. The molecule has 110 valence electrons. The van der Waals surface area contributed by atoms with Gasteiger partial charge in [-0.25, -0.2) is 17.9 Å². The van der Waals surface area contributed by atoms with Crippen molar-refractivity contribution >= 4 is 23.4 Å². The van der Waals surface area contributed by atoms with Crippen molar-refractivity contribution in [3.8, 4) is 5.69 Å². The van der Waals surface area contributed by atoms with Crippen molar-refractivity contribution < 1.29 is 13.2 Å². The molecule has 0 aliphatic heterocycles. The smallest absolute Gasteiger partial charge is 0.184 e. The van der Waals surface area contributed by atoms with E-state index in [1.54, 1.807) is 7.05 Å². The molecule has 0 aliphatic carbocycles. The zero-order valence-electron chi connectivity index (χ0n) is 11.2. The number of hydrogen-bond acceptors (Lipinski definition) is 2. The van der Waals surface area contributed by atoms with E-state index in [1.165, 1.54) is 9.25 Å². The van der Waals surface area contributed by atoms with Crippen LogP contribution in [0.3, 0.4) is 0 Å². The van der Waals surface area contributed by atoms with Crippen LogP contribution in [0.4, 0.5) is 13.2 Å². The normalized spacial score (nSPS) is 11.5. The highest BCUT2D eigenvalue weighted by Crippen LogP contribution is 2.26. The van der Waals surface area contributed by atoms with Gasteiger partial charge in [0.1, 0.15) is 17.0 Å². The topological polar surface area (TPSA) is 38.5 Å². The quantitative estimate of drug-likeness (QED) is 0.737. The molecule has 0 amide bonds. The summed E-state index contributed by atoms with van der Waals surface area (Å²) in [5.41, 5.74) is 1.37. The number of aryl methyl sites for hydroxylation is 2. The molecule has 0 unspecified atom stereocenters. The molecule has 2 heterocycles. The maximum Gasteiger partial charge on any atom is 0.184 e. The summed E-state index contributed by atoms with van der Waals surface area (Å²) in [4.78, 5) is 2.90. The van der Waals surface area contributed by atoms with E-state index in [9.17, 15) is 13.2 Å². The Hall–Kier alpha value is -2.09. The van der Waals surface area contributed by atoms with E-state index < -0.39 is 23.1 Å². The van der Waals surface area contributed by atoms with Crippen molar-refractivity contribution in [1.82, 2.24) is 19.3 Å². The number of benzene rings is 1. The van der Waals surface area contributed by atoms with E-state index in [2.05, 4.69) is 10.1 Å². The molecule has 3 aromatic rings. The molecule has 8 heteroatoms. The third-order valence-electron chi connectivity index (χ3n) is 3.28. The van der Waals surface area contributed by atoms with E-state index in [0.717, 1.165) is 5.69 Å². The van der Waals surface area contributed by atoms with Crippen molar-refractivity contribution in [1.29, 1.82) is 0 Å². The summed E-state index contributed by atoms with van der Waals surface area (Å²) in [7, 11) is 1.65. The van der Waals surface area contributed by atoms with Crippen molar-refractivity contribution in [3.63, 3.8) is 0 Å². The van der Waals surface area contributed by atoms with Crippen molar-refractivity contribution in [2.75, 3.05) is 0 Å². The van der Waals surface area contributed by atoms with Gasteiger partial charge < -0.3 is 4.98 Å². The predicted octanol–water partition coefficient (Wildman–Crippen LogP) is 3.40. The number of hydrogen-bond donors (Lipinski definition) is 1. The van der Waals surface area contributed by atoms with Gasteiger partial charge in [0.15, 0.2) is 22.1 Å². The molecule has 0 fully saturated rings. The van der Waals surface area contributed by atoms with E-state index in [-0.39, 0.29) is 4.77 Å². The van der Waals surface area contributed by atoms with Crippen LogP contribution in [0.5, 0.6) is 0 Å². The summed E-state index contributed by atoms with van der Waals surface area (Å²) < 4.78 is 43.9. The number of nitrogens with one attached hydrogen (secondary N) is 1. The van der Waals surface area contributed by atoms with Crippen LogP contribution in [0, 0.1) is 22.2 Å². The lowest BCUT2D eigenvalue weighted by Gasteiger charge is -2.08. The Labute approximate surface area is 122 Å². The molecule has 0 saturated heterocycles. The van der Waals surface area contributed by atoms with Gasteiger partial charge in [-0.2, -0.15) is 5.10 Å². The molecule has 0 aliphatic rings. The monoisotopic (exact) mass is 312 g/mol. The summed E-state index contributed by atoms with van der Waals surface area (Å²) >= 11 is 5.15. The summed E-state index contributed by atoms with van der Waals surface area (Å²) in [6, 6.07) is 1.24. The number of aromatic amines is 1. The van der Waals surface area contributed by atoms with Crippen molar-refractivity contribution in [2.24, 2.45) is 7.05 Å². The van der Waals surface area contributed by atoms with Crippen LogP contribution in [-0.2, 0) is 13.5 Å². The first kappa shape index (κ1) is 13.9. The molecule has 0 radical (unpaired) electrons. The molecule has 0 bridgehead atoms. The van der Waals surface area contributed by atoms with Gasteiger partial charge in [0, 0.05) is 19.2 Å². The number of rotatable bonds is 2. The van der Waals surface area contributed by atoms with Gasteiger partial charge >= 0.3 is 0 Å². The third kappa shape index (κ3) is 1.98. The number of halogens is 3. The first-order chi connectivity index (χ1) is 9.93. The summed E-state index contributed by atoms with van der Waals surface area (Å²) in [6.07, 6.45) is 0.640. The van der Waals surface area contributed by atoms with Crippen LogP contribution < -0.4 is 0 Å². The Morgan fingerprint density at radius 2 is 1.86 bits per heavy atom. The second-order valence-electron chi connectivity index (χ2n) is 4.61. The molecular formula is C13H11F3N4S. The molecule has 2 aromatic heterocycles. The highest BCUT2D eigenvalue weighted by atomic mass is 32.1. The number of aromatic nitrogens is 4. The van der Waals surface area contributed by atoms with Gasteiger partial charge in [0.05, 0.1) is 5.69 Å².